The third-order valence-electron chi connectivity index (χ3n) is 2.16. The normalized spacial score (nSPS) is 13.0. The Morgan fingerprint density at radius 1 is 1.47 bits per heavy atom. The lowest BCUT2D eigenvalue weighted by Gasteiger charge is -2.12. The van der Waals surface area contributed by atoms with Crippen molar-refractivity contribution >= 4 is 26.0 Å². The third-order valence-corrected chi connectivity index (χ3v) is 4.64. The zero-order chi connectivity index (χ0) is 12.9. The molecule has 0 saturated carbocycles. The molecule has 0 radical (unpaired) electrons. The zero-order valence-electron chi connectivity index (χ0n) is 9.35. The Balaban J connectivity index is 2.98. The molecule has 0 spiro atoms. The van der Waals surface area contributed by atoms with E-state index in [9.17, 15) is 8.42 Å². The number of nitrogens with zero attached hydrogens (tertiary/aromatic N) is 1. The number of hydrogen-bond donors (Lipinski definition) is 1. The highest BCUT2D eigenvalue weighted by molar-refractivity contribution is 9.10. The topological polar surface area (TPSA) is 70.0 Å². The van der Waals surface area contributed by atoms with Crippen molar-refractivity contribution < 1.29 is 8.42 Å². The van der Waals surface area contributed by atoms with Crippen molar-refractivity contribution in [3.63, 3.8) is 0 Å². The predicted octanol–water partition coefficient (Wildman–Crippen LogP) is 2.42. The van der Waals surface area contributed by atoms with Crippen LogP contribution in [-0.2, 0) is 10.0 Å². The standard InChI is InChI=1S/C11H13BrN2O2S/c1-2-5-9(8-13)14-17(15,16)11-7-4-3-6-10(11)12/h3-4,6-7,9,14H,2,5H2,1H3. The Morgan fingerprint density at radius 3 is 2.65 bits per heavy atom. The molecular weight excluding hydrogens is 304 g/mol. The maximum absolute atomic E-state index is 12.0. The molecule has 0 aliphatic rings. The van der Waals surface area contributed by atoms with Crippen molar-refractivity contribution in [3.05, 3.63) is 28.7 Å². The number of nitriles is 1. The molecule has 4 nitrogen and oxygen atoms in total. The monoisotopic (exact) mass is 316 g/mol. The minimum atomic E-state index is -3.64. The summed E-state index contributed by atoms with van der Waals surface area (Å²) < 4.78 is 26.9. The van der Waals surface area contributed by atoms with Crippen LogP contribution in [0.1, 0.15) is 19.8 Å². The summed E-state index contributed by atoms with van der Waals surface area (Å²) in [5, 5.41) is 8.85. The van der Waals surface area contributed by atoms with E-state index in [1.165, 1.54) is 6.07 Å². The fraction of sp³-hybridized carbons (Fsp3) is 0.364. The maximum Gasteiger partial charge on any atom is 0.242 e. The van der Waals surface area contributed by atoms with Crippen LogP contribution in [0.3, 0.4) is 0 Å². The van der Waals surface area contributed by atoms with Gasteiger partial charge in [0.25, 0.3) is 0 Å². The summed E-state index contributed by atoms with van der Waals surface area (Å²) in [5.41, 5.74) is 0. The molecule has 0 amide bonds. The molecule has 92 valence electrons. The Labute approximate surface area is 110 Å². The van der Waals surface area contributed by atoms with Crippen molar-refractivity contribution in [2.24, 2.45) is 0 Å². The maximum atomic E-state index is 12.0. The summed E-state index contributed by atoms with van der Waals surface area (Å²) in [7, 11) is -3.64. The van der Waals surface area contributed by atoms with Gasteiger partial charge >= 0.3 is 0 Å². The van der Waals surface area contributed by atoms with Crippen LogP contribution < -0.4 is 4.72 Å². The Bertz CT molecular complexity index is 523. The number of hydrogen-bond acceptors (Lipinski definition) is 3. The van der Waals surface area contributed by atoms with E-state index in [4.69, 9.17) is 5.26 Å². The van der Waals surface area contributed by atoms with Gasteiger partial charge in [0.05, 0.1) is 11.0 Å². The van der Waals surface area contributed by atoms with Crippen molar-refractivity contribution in [2.45, 2.75) is 30.7 Å². The van der Waals surface area contributed by atoms with Crippen molar-refractivity contribution in [1.29, 1.82) is 5.26 Å². The van der Waals surface area contributed by atoms with Gasteiger partial charge in [0.2, 0.25) is 10.0 Å². The smallest absolute Gasteiger partial charge is 0.207 e. The van der Waals surface area contributed by atoms with Gasteiger partial charge in [-0.1, -0.05) is 25.5 Å². The van der Waals surface area contributed by atoms with E-state index in [0.717, 1.165) is 6.42 Å². The summed E-state index contributed by atoms with van der Waals surface area (Å²) in [4.78, 5) is 0.149. The molecule has 0 fully saturated rings. The van der Waals surface area contributed by atoms with Crippen LogP contribution in [0.5, 0.6) is 0 Å². The number of rotatable bonds is 5. The van der Waals surface area contributed by atoms with Crippen LogP contribution >= 0.6 is 15.9 Å². The fourth-order valence-corrected chi connectivity index (χ4v) is 3.53. The minimum Gasteiger partial charge on any atom is -0.207 e. The van der Waals surface area contributed by atoms with Gasteiger partial charge < -0.3 is 0 Å². The average molecular weight is 317 g/mol. The summed E-state index contributed by atoms with van der Waals surface area (Å²) in [6, 6.07) is 7.77. The first-order valence-electron chi connectivity index (χ1n) is 5.17. The first-order valence-corrected chi connectivity index (χ1v) is 7.45. The SMILES string of the molecule is CCCC(C#N)NS(=O)(=O)c1ccccc1Br. The highest BCUT2D eigenvalue weighted by Gasteiger charge is 2.21. The van der Waals surface area contributed by atoms with Crippen LogP contribution in [-0.4, -0.2) is 14.5 Å². The highest BCUT2D eigenvalue weighted by Crippen LogP contribution is 2.21. The molecule has 1 aromatic carbocycles. The van der Waals surface area contributed by atoms with Crippen molar-refractivity contribution in [2.75, 3.05) is 0 Å². The van der Waals surface area contributed by atoms with E-state index in [2.05, 4.69) is 20.7 Å². The number of sulfonamides is 1. The van der Waals surface area contributed by atoms with Gasteiger partial charge in [-0.2, -0.15) is 9.98 Å². The molecule has 1 aromatic rings. The van der Waals surface area contributed by atoms with Gasteiger partial charge in [0.1, 0.15) is 6.04 Å². The van der Waals surface area contributed by atoms with Gasteiger partial charge in [-0.15, -0.1) is 0 Å². The van der Waals surface area contributed by atoms with Gasteiger partial charge in [-0.25, -0.2) is 8.42 Å². The van der Waals surface area contributed by atoms with Crippen LogP contribution in [0, 0.1) is 11.3 Å². The number of halogens is 1. The molecule has 1 atom stereocenters. The van der Waals surface area contributed by atoms with E-state index in [0.29, 0.717) is 10.9 Å². The molecule has 0 heterocycles. The molecule has 0 saturated heterocycles. The molecule has 17 heavy (non-hydrogen) atoms. The largest absolute Gasteiger partial charge is 0.242 e. The lowest BCUT2D eigenvalue weighted by atomic mass is 10.2. The van der Waals surface area contributed by atoms with E-state index in [1.54, 1.807) is 18.2 Å². The second-order valence-corrected chi connectivity index (χ2v) is 6.06. The van der Waals surface area contributed by atoms with E-state index in [1.807, 2.05) is 13.0 Å². The second kappa shape index (κ2) is 6.15. The first-order chi connectivity index (χ1) is 8.01. The predicted molar refractivity (Wildman–Crippen MR) is 68.8 cm³/mol. The van der Waals surface area contributed by atoms with E-state index >= 15 is 0 Å². The van der Waals surface area contributed by atoms with Crippen LogP contribution in [0.2, 0.25) is 0 Å². The molecular formula is C11H13BrN2O2S. The molecule has 1 N–H and O–H groups in total. The molecule has 0 aromatic heterocycles. The third kappa shape index (κ3) is 3.80. The van der Waals surface area contributed by atoms with Crippen molar-refractivity contribution in [3.8, 4) is 6.07 Å². The van der Waals surface area contributed by atoms with Crippen molar-refractivity contribution in [1.82, 2.24) is 4.72 Å². The molecule has 6 heteroatoms. The summed E-state index contributed by atoms with van der Waals surface area (Å²) in [6.45, 7) is 1.90. The van der Waals surface area contributed by atoms with Crippen LogP contribution in [0.15, 0.2) is 33.6 Å². The first kappa shape index (κ1) is 14.2. The lowest BCUT2D eigenvalue weighted by Crippen LogP contribution is -2.33. The summed E-state index contributed by atoms with van der Waals surface area (Å²) in [5.74, 6) is 0. The molecule has 0 aliphatic heterocycles. The highest BCUT2D eigenvalue weighted by atomic mass is 79.9. The Kier molecular flexibility index (Phi) is 5.12. The Morgan fingerprint density at radius 2 is 2.12 bits per heavy atom. The molecule has 1 rings (SSSR count). The molecule has 0 aliphatic carbocycles. The lowest BCUT2D eigenvalue weighted by molar-refractivity contribution is 0.562. The van der Waals surface area contributed by atoms with Gasteiger partial charge in [-0.05, 0) is 34.5 Å². The average Bonchev–Trinajstić information content (AvgIpc) is 2.28. The van der Waals surface area contributed by atoms with Gasteiger partial charge in [0.15, 0.2) is 0 Å². The molecule has 1 unspecified atom stereocenters. The van der Waals surface area contributed by atoms with Gasteiger partial charge in [-0.3, -0.25) is 0 Å². The zero-order valence-corrected chi connectivity index (χ0v) is 11.8. The minimum absolute atomic E-state index is 0.149. The second-order valence-electron chi connectivity index (χ2n) is 3.52. The van der Waals surface area contributed by atoms with Crippen LogP contribution in [0.25, 0.3) is 0 Å². The van der Waals surface area contributed by atoms with Gasteiger partial charge in [0, 0.05) is 4.47 Å². The van der Waals surface area contributed by atoms with Crippen LogP contribution in [0.4, 0.5) is 0 Å². The van der Waals surface area contributed by atoms with E-state index < -0.39 is 16.1 Å². The quantitative estimate of drug-likeness (QED) is 0.906. The fourth-order valence-electron chi connectivity index (χ4n) is 1.35. The van der Waals surface area contributed by atoms with E-state index in [-0.39, 0.29) is 4.90 Å². The summed E-state index contributed by atoms with van der Waals surface area (Å²) in [6.07, 6.45) is 1.25. The molecule has 0 bridgehead atoms. The summed E-state index contributed by atoms with van der Waals surface area (Å²) >= 11 is 3.18. The number of nitrogens with one attached hydrogen (secondary N) is 1. The number of benzene rings is 1. The Hall–Kier alpha value is -0.900.